The minimum absolute atomic E-state index is 0.343. The summed E-state index contributed by atoms with van der Waals surface area (Å²) < 4.78 is 22.6. The molecule has 0 bridgehead atoms. The van der Waals surface area contributed by atoms with Crippen LogP contribution in [0.3, 0.4) is 0 Å². The lowest BCUT2D eigenvalue weighted by atomic mass is 9.71. The van der Waals surface area contributed by atoms with Crippen LogP contribution in [-0.2, 0) is 28.5 Å². The van der Waals surface area contributed by atoms with Gasteiger partial charge in [0.25, 0.3) is 0 Å². The van der Waals surface area contributed by atoms with E-state index in [1.807, 2.05) is 41.5 Å². The Balaban J connectivity index is 1.33. The lowest BCUT2D eigenvalue weighted by molar-refractivity contribution is -0.191. The Hall–Kier alpha value is -2.60. The fraction of sp³-hybridized carbons (Fsp3) is 0.867. The number of likely N-dealkylation sites (tertiary alicyclic amines) is 2. The minimum atomic E-state index is -1.02. The monoisotopic (exact) mass is 594 g/mol. The van der Waals surface area contributed by atoms with Gasteiger partial charge in [0.1, 0.15) is 11.2 Å². The van der Waals surface area contributed by atoms with E-state index in [2.05, 4.69) is 10.6 Å². The van der Waals surface area contributed by atoms with Crippen molar-refractivity contribution in [2.75, 3.05) is 39.3 Å². The predicted octanol–water partition coefficient (Wildman–Crippen LogP) is 3.53. The molecule has 2 N–H and O–H groups in total. The smallest absolute Gasteiger partial charge is 0.419 e. The zero-order valence-electron chi connectivity index (χ0n) is 26.2. The number of rotatable bonds is 2. The summed E-state index contributed by atoms with van der Waals surface area (Å²) in [6.45, 7) is 14.4. The molecule has 238 valence electrons. The van der Waals surface area contributed by atoms with Crippen LogP contribution < -0.4 is 10.6 Å². The third-order valence-corrected chi connectivity index (χ3v) is 8.91. The number of carbonyl (C=O) groups excluding carboxylic acids is 4. The molecule has 2 atom stereocenters. The van der Waals surface area contributed by atoms with Gasteiger partial charge in [0, 0.05) is 37.0 Å². The molecule has 4 saturated heterocycles. The summed E-state index contributed by atoms with van der Waals surface area (Å²) in [6.07, 6.45) is 4.05. The molecule has 4 heterocycles. The van der Waals surface area contributed by atoms with Crippen molar-refractivity contribution in [2.45, 2.75) is 117 Å². The van der Waals surface area contributed by atoms with Crippen molar-refractivity contribution < 1.29 is 38.1 Å². The molecule has 12 heteroatoms. The average Bonchev–Trinajstić information content (AvgIpc) is 2.90. The maximum atomic E-state index is 13.1. The molecule has 2 amide bonds. The van der Waals surface area contributed by atoms with Gasteiger partial charge in [-0.15, -0.1) is 0 Å². The van der Waals surface area contributed by atoms with E-state index in [1.165, 1.54) is 0 Å². The molecule has 0 aliphatic carbocycles. The first-order chi connectivity index (χ1) is 19.6. The zero-order valence-corrected chi connectivity index (χ0v) is 26.2. The first-order valence-electron chi connectivity index (χ1n) is 15.5. The molecule has 0 aromatic carbocycles. The van der Waals surface area contributed by atoms with Gasteiger partial charge in [-0.05, 0) is 106 Å². The molecule has 4 rings (SSSR count). The highest BCUT2D eigenvalue weighted by atomic mass is 16.6. The van der Waals surface area contributed by atoms with Crippen LogP contribution in [0.15, 0.2) is 0 Å². The van der Waals surface area contributed by atoms with Crippen molar-refractivity contribution in [1.82, 2.24) is 20.4 Å². The molecule has 0 radical (unpaired) electrons. The molecule has 12 nitrogen and oxygen atoms in total. The van der Waals surface area contributed by atoms with E-state index in [0.29, 0.717) is 65.0 Å². The average molecular weight is 595 g/mol. The summed E-state index contributed by atoms with van der Waals surface area (Å²) >= 11 is 0. The number of nitrogens with zero attached hydrogens (tertiary/aromatic N) is 2. The van der Waals surface area contributed by atoms with Crippen LogP contribution in [-0.4, -0.2) is 96.9 Å². The van der Waals surface area contributed by atoms with Gasteiger partial charge in [-0.3, -0.25) is 10.6 Å². The summed E-state index contributed by atoms with van der Waals surface area (Å²) in [5.74, 6) is -2.03. The van der Waals surface area contributed by atoms with Crippen LogP contribution in [0, 0.1) is 10.8 Å². The summed E-state index contributed by atoms with van der Waals surface area (Å²) in [4.78, 5) is 54.7. The normalized spacial score (nSPS) is 26.0. The standard InChI is InChI=1S/C30H50N4O8/c1-27(2,3)41-25(37)33-17-11-29(12-18-33)9-7-15-31-23(29)39-21(35)22(36)40-24-30(10-8-16-32-24)13-19-34(20-14-30)26(38)42-28(4,5)6/h23-24,31-32H,7-20H2,1-6H3. The van der Waals surface area contributed by atoms with Gasteiger partial charge in [0.05, 0.1) is 0 Å². The maximum Gasteiger partial charge on any atom is 0.419 e. The molecular weight excluding hydrogens is 544 g/mol. The van der Waals surface area contributed by atoms with Crippen LogP contribution in [0.2, 0.25) is 0 Å². The van der Waals surface area contributed by atoms with Gasteiger partial charge in [0.15, 0.2) is 12.5 Å². The molecule has 0 aromatic heterocycles. The predicted molar refractivity (Wildman–Crippen MR) is 153 cm³/mol. The van der Waals surface area contributed by atoms with Gasteiger partial charge >= 0.3 is 24.1 Å². The topological polar surface area (TPSA) is 136 Å². The first-order valence-corrected chi connectivity index (χ1v) is 15.5. The number of hydrogen-bond donors (Lipinski definition) is 2. The van der Waals surface area contributed by atoms with Crippen molar-refractivity contribution in [3.05, 3.63) is 0 Å². The Bertz CT molecular complexity index is 924. The Morgan fingerprint density at radius 2 is 0.929 bits per heavy atom. The molecule has 2 unspecified atom stereocenters. The van der Waals surface area contributed by atoms with E-state index in [-0.39, 0.29) is 23.0 Å². The number of hydrogen-bond acceptors (Lipinski definition) is 10. The second kappa shape index (κ2) is 12.6. The Morgan fingerprint density at radius 3 is 1.24 bits per heavy atom. The quantitative estimate of drug-likeness (QED) is 0.278. The summed E-state index contributed by atoms with van der Waals surface area (Å²) in [5.41, 5.74) is -1.88. The number of carbonyl (C=O) groups is 4. The zero-order chi connectivity index (χ0) is 30.8. The Morgan fingerprint density at radius 1 is 0.595 bits per heavy atom. The number of ether oxygens (including phenoxy) is 4. The highest BCUT2D eigenvalue weighted by Gasteiger charge is 2.49. The second-order valence-electron chi connectivity index (χ2n) is 14.3. The molecule has 0 saturated carbocycles. The van der Waals surface area contributed by atoms with E-state index in [9.17, 15) is 19.2 Å². The third-order valence-electron chi connectivity index (χ3n) is 8.91. The molecule has 42 heavy (non-hydrogen) atoms. The molecule has 4 fully saturated rings. The van der Waals surface area contributed by atoms with Gasteiger partial charge in [-0.1, -0.05) is 0 Å². The van der Waals surface area contributed by atoms with E-state index >= 15 is 0 Å². The Labute approximate surface area is 249 Å². The number of nitrogens with one attached hydrogen (secondary N) is 2. The molecule has 2 spiro atoms. The van der Waals surface area contributed by atoms with Crippen molar-refractivity contribution in [3.8, 4) is 0 Å². The van der Waals surface area contributed by atoms with E-state index in [0.717, 1.165) is 25.7 Å². The van der Waals surface area contributed by atoms with Gasteiger partial charge < -0.3 is 28.7 Å². The number of piperidine rings is 4. The fourth-order valence-electron chi connectivity index (χ4n) is 6.63. The van der Waals surface area contributed by atoms with Crippen molar-refractivity contribution >= 4 is 24.1 Å². The van der Waals surface area contributed by atoms with Crippen LogP contribution in [0.1, 0.15) is 92.9 Å². The lowest BCUT2D eigenvalue weighted by Crippen LogP contribution is -2.59. The fourth-order valence-corrected chi connectivity index (χ4v) is 6.63. The molecular formula is C30H50N4O8. The molecule has 4 aliphatic heterocycles. The highest BCUT2D eigenvalue weighted by molar-refractivity contribution is 6.29. The van der Waals surface area contributed by atoms with Crippen LogP contribution >= 0.6 is 0 Å². The van der Waals surface area contributed by atoms with E-state index < -0.39 is 35.6 Å². The summed E-state index contributed by atoms with van der Waals surface area (Å²) in [7, 11) is 0. The van der Waals surface area contributed by atoms with Crippen LogP contribution in [0.4, 0.5) is 9.59 Å². The second-order valence-corrected chi connectivity index (χ2v) is 14.3. The Kier molecular flexibility index (Phi) is 9.66. The SMILES string of the molecule is CC(C)(C)OC(=O)N1CCC2(CCCNC2OC(=O)C(=O)OC2NCCCC23CCN(C(=O)OC(C)(C)C)CC3)CC1. The van der Waals surface area contributed by atoms with Gasteiger partial charge in [-0.2, -0.15) is 0 Å². The summed E-state index contributed by atoms with van der Waals surface area (Å²) in [5, 5.41) is 6.58. The van der Waals surface area contributed by atoms with Crippen molar-refractivity contribution in [3.63, 3.8) is 0 Å². The van der Waals surface area contributed by atoms with E-state index in [1.54, 1.807) is 9.80 Å². The third kappa shape index (κ3) is 7.86. The molecule has 0 aromatic rings. The summed E-state index contributed by atoms with van der Waals surface area (Å²) in [6, 6.07) is 0. The maximum absolute atomic E-state index is 13.1. The van der Waals surface area contributed by atoms with Gasteiger partial charge in [-0.25, -0.2) is 19.2 Å². The van der Waals surface area contributed by atoms with Crippen LogP contribution in [0.25, 0.3) is 0 Å². The first kappa shape index (κ1) is 32.3. The van der Waals surface area contributed by atoms with E-state index in [4.69, 9.17) is 18.9 Å². The largest absolute Gasteiger partial charge is 0.444 e. The van der Waals surface area contributed by atoms with Crippen molar-refractivity contribution in [2.24, 2.45) is 10.8 Å². The number of esters is 2. The number of amides is 2. The highest BCUT2D eigenvalue weighted by Crippen LogP contribution is 2.44. The van der Waals surface area contributed by atoms with Gasteiger partial charge in [0.2, 0.25) is 0 Å². The lowest BCUT2D eigenvalue weighted by Gasteiger charge is -2.49. The van der Waals surface area contributed by atoms with Crippen molar-refractivity contribution in [1.29, 1.82) is 0 Å². The minimum Gasteiger partial charge on any atom is -0.444 e. The molecule has 4 aliphatic rings. The van der Waals surface area contributed by atoms with Crippen LogP contribution in [0.5, 0.6) is 0 Å².